The van der Waals surface area contributed by atoms with E-state index in [9.17, 15) is 18.0 Å². The molecular weight excluding hydrogens is 309 g/mol. The van der Waals surface area contributed by atoms with E-state index in [1.54, 1.807) is 18.0 Å². The highest BCUT2D eigenvalue weighted by atomic mass is 19.4. The van der Waals surface area contributed by atoms with E-state index >= 15 is 0 Å². The lowest BCUT2D eigenvalue weighted by Gasteiger charge is -2.31. The van der Waals surface area contributed by atoms with Crippen LogP contribution in [0.4, 0.5) is 18.9 Å². The third-order valence-electron chi connectivity index (χ3n) is 4.03. The Morgan fingerprint density at radius 2 is 2.00 bits per heavy atom. The van der Waals surface area contributed by atoms with Gasteiger partial charge in [0, 0.05) is 24.8 Å². The third-order valence-corrected chi connectivity index (χ3v) is 4.03. The Hall–Kier alpha value is -1.92. The van der Waals surface area contributed by atoms with E-state index in [0.29, 0.717) is 5.69 Å². The van der Waals surface area contributed by atoms with Crippen LogP contribution in [0.1, 0.15) is 32.1 Å². The fourth-order valence-corrected chi connectivity index (χ4v) is 2.78. The van der Waals surface area contributed by atoms with Gasteiger partial charge < -0.3 is 15.0 Å². The lowest BCUT2D eigenvalue weighted by molar-refractivity contribution is -0.274. The molecule has 0 saturated heterocycles. The first kappa shape index (κ1) is 17.4. The van der Waals surface area contributed by atoms with Crippen LogP contribution in [-0.4, -0.2) is 36.8 Å². The molecular formula is C16H21F3N2O2. The number of anilines is 1. The molecule has 4 nitrogen and oxygen atoms in total. The van der Waals surface area contributed by atoms with Gasteiger partial charge in [0.05, 0.1) is 6.54 Å². The first-order valence-corrected chi connectivity index (χ1v) is 7.70. The average molecular weight is 330 g/mol. The summed E-state index contributed by atoms with van der Waals surface area (Å²) < 4.78 is 40.4. The van der Waals surface area contributed by atoms with Crippen LogP contribution in [0, 0.1) is 0 Å². The van der Waals surface area contributed by atoms with Gasteiger partial charge in [-0.1, -0.05) is 25.3 Å². The van der Waals surface area contributed by atoms with Crippen molar-refractivity contribution in [1.29, 1.82) is 0 Å². The van der Waals surface area contributed by atoms with Gasteiger partial charge in [0.1, 0.15) is 5.75 Å². The number of hydrogen-bond acceptors (Lipinski definition) is 3. The van der Waals surface area contributed by atoms with E-state index in [0.717, 1.165) is 25.7 Å². The van der Waals surface area contributed by atoms with E-state index in [4.69, 9.17) is 0 Å². The normalized spacial score (nSPS) is 16.0. The second-order valence-corrected chi connectivity index (χ2v) is 5.73. The number of halogens is 3. The number of carbonyl (C=O) groups is 1. The molecule has 1 saturated carbocycles. The minimum absolute atomic E-state index is 0.0441. The molecule has 0 aromatic heterocycles. The van der Waals surface area contributed by atoms with Crippen molar-refractivity contribution in [3.8, 4) is 5.75 Å². The Labute approximate surface area is 133 Å². The molecule has 0 heterocycles. The van der Waals surface area contributed by atoms with Gasteiger partial charge in [-0.25, -0.2) is 0 Å². The number of likely N-dealkylation sites (N-methyl/N-ethyl adjacent to an activating group) is 1. The summed E-state index contributed by atoms with van der Waals surface area (Å²) in [5, 5.41) is 2.85. The van der Waals surface area contributed by atoms with Crippen LogP contribution in [0.15, 0.2) is 24.3 Å². The Morgan fingerprint density at radius 3 is 2.65 bits per heavy atom. The maximum absolute atomic E-state index is 12.2. The van der Waals surface area contributed by atoms with Gasteiger partial charge in [-0.05, 0) is 25.0 Å². The molecule has 0 spiro atoms. The smallest absolute Gasteiger partial charge is 0.406 e. The number of nitrogens with zero attached hydrogens (tertiary/aromatic N) is 1. The molecule has 7 heteroatoms. The van der Waals surface area contributed by atoms with Gasteiger partial charge in [-0.2, -0.15) is 0 Å². The van der Waals surface area contributed by atoms with E-state index in [2.05, 4.69) is 10.1 Å². The van der Waals surface area contributed by atoms with Gasteiger partial charge in [-0.15, -0.1) is 13.2 Å². The molecule has 0 bridgehead atoms. The molecule has 1 aromatic rings. The maximum atomic E-state index is 12.2. The van der Waals surface area contributed by atoms with Crippen molar-refractivity contribution in [3.05, 3.63) is 24.3 Å². The van der Waals surface area contributed by atoms with Crippen molar-refractivity contribution in [3.63, 3.8) is 0 Å². The molecule has 0 aliphatic heterocycles. The number of alkyl halides is 3. The van der Waals surface area contributed by atoms with Gasteiger partial charge in [-0.3, -0.25) is 4.79 Å². The Kier molecular flexibility index (Phi) is 5.74. The minimum Gasteiger partial charge on any atom is -0.406 e. The Morgan fingerprint density at radius 1 is 1.30 bits per heavy atom. The maximum Gasteiger partial charge on any atom is 0.573 e. The molecule has 1 aliphatic rings. The number of ether oxygens (including phenoxy) is 1. The number of benzene rings is 1. The number of rotatable bonds is 5. The van der Waals surface area contributed by atoms with Gasteiger partial charge in [0.2, 0.25) is 5.91 Å². The summed E-state index contributed by atoms with van der Waals surface area (Å²) >= 11 is 0. The van der Waals surface area contributed by atoms with Crippen molar-refractivity contribution >= 4 is 11.6 Å². The lowest BCUT2D eigenvalue weighted by atomic mass is 9.94. The molecule has 128 valence electrons. The number of carbonyl (C=O) groups excluding carboxylic acids is 1. The summed E-state index contributed by atoms with van der Waals surface area (Å²) in [4.78, 5) is 13.9. The highest BCUT2D eigenvalue weighted by Crippen LogP contribution is 2.25. The fourth-order valence-electron chi connectivity index (χ4n) is 2.78. The zero-order valence-electron chi connectivity index (χ0n) is 13.0. The number of nitrogens with one attached hydrogen (secondary N) is 1. The van der Waals surface area contributed by atoms with Crippen LogP contribution in [0.25, 0.3) is 0 Å². The van der Waals surface area contributed by atoms with Crippen molar-refractivity contribution in [2.45, 2.75) is 44.5 Å². The first-order chi connectivity index (χ1) is 10.8. The van der Waals surface area contributed by atoms with Crippen LogP contribution < -0.4 is 10.1 Å². The highest BCUT2D eigenvalue weighted by molar-refractivity contribution is 5.81. The van der Waals surface area contributed by atoms with Crippen LogP contribution in [0.5, 0.6) is 5.75 Å². The molecule has 1 aromatic carbocycles. The van der Waals surface area contributed by atoms with Gasteiger partial charge >= 0.3 is 6.36 Å². The summed E-state index contributed by atoms with van der Waals surface area (Å²) in [6.07, 6.45) is 0.770. The van der Waals surface area contributed by atoms with Crippen LogP contribution >= 0.6 is 0 Å². The quantitative estimate of drug-likeness (QED) is 0.893. The summed E-state index contributed by atoms with van der Waals surface area (Å²) in [6.45, 7) is 0.0441. The fraction of sp³-hybridized carbons (Fsp3) is 0.562. The number of amides is 1. The van der Waals surface area contributed by atoms with Crippen molar-refractivity contribution in [2.24, 2.45) is 0 Å². The largest absolute Gasteiger partial charge is 0.573 e. The molecule has 23 heavy (non-hydrogen) atoms. The van der Waals surface area contributed by atoms with Crippen LogP contribution in [0.3, 0.4) is 0 Å². The monoisotopic (exact) mass is 330 g/mol. The summed E-state index contributed by atoms with van der Waals surface area (Å²) in [5.41, 5.74) is 0.414. The lowest BCUT2D eigenvalue weighted by Crippen LogP contribution is -2.41. The van der Waals surface area contributed by atoms with E-state index in [1.807, 2.05) is 0 Å². The second-order valence-electron chi connectivity index (χ2n) is 5.73. The highest BCUT2D eigenvalue weighted by Gasteiger charge is 2.31. The summed E-state index contributed by atoms with van der Waals surface area (Å²) in [7, 11) is 1.78. The van der Waals surface area contributed by atoms with Gasteiger partial charge in [0.25, 0.3) is 0 Å². The molecule has 2 rings (SSSR count). The Balaban J connectivity index is 1.87. The zero-order chi connectivity index (χ0) is 16.9. The molecule has 1 aliphatic carbocycles. The topological polar surface area (TPSA) is 41.6 Å². The zero-order valence-corrected chi connectivity index (χ0v) is 13.0. The second kappa shape index (κ2) is 7.57. The molecule has 0 atom stereocenters. The molecule has 0 radical (unpaired) electrons. The molecule has 1 fully saturated rings. The van der Waals surface area contributed by atoms with E-state index in [1.165, 1.54) is 24.6 Å². The first-order valence-electron chi connectivity index (χ1n) is 7.70. The Bertz CT molecular complexity index is 528. The molecule has 0 unspecified atom stereocenters. The van der Waals surface area contributed by atoms with E-state index < -0.39 is 6.36 Å². The summed E-state index contributed by atoms with van der Waals surface area (Å²) in [6, 6.07) is 5.74. The van der Waals surface area contributed by atoms with Gasteiger partial charge in [0.15, 0.2) is 0 Å². The number of hydrogen-bond donors (Lipinski definition) is 1. The SMILES string of the molecule is CN(C(=O)CNc1cccc(OC(F)(F)F)c1)C1CCCCC1. The predicted octanol–water partition coefficient (Wildman–Crippen LogP) is 3.79. The standard InChI is InChI=1S/C16H21F3N2O2/c1-21(13-7-3-2-4-8-13)15(22)11-20-12-6-5-9-14(10-12)23-16(17,18)19/h5-6,9-10,13,20H,2-4,7-8,11H2,1H3. The van der Waals surface area contributed by atoms with Crippen molar-refractivity contribution in [2.75, 3.05) is 18.9 Å². The predicted molar refractivity (Wildman–Crippen MR) is 81.3 cm³/mol. The molecule has 1 N–H and O–H groups in total. The third kappa shape index (κ3) is 5.65. The van der Waals surface area contributed by atoms with Crippen LogP contribution in [0.2, 0.25) is 0 Å². The van der Waals surface area contributed by atoms with Crippen molar-refractivity contribution in [1.82, 2.24) is 4.90 Å². The average Bonchev–Trinajstić information content (AvgIpc) is 2.51. The van der Waals surface area contributed by atoms with Crippen molar-refractivity contribution < 1.29 is 22.7 Å². The minimum atomic E-state index is -4.73. The summed E-state index contributed by atoms with van der Waals surface area (Å²) in [5.74, 6) is -0.380. The van der Waals surface area contributed by atoms with Crippen LogP contribution in [-0.2, 0) is 4.79 Å². The molecule has 1 amide bonds. The van der Waals surface area contributed by atoms with E-state index in [-0.39, 0.29) is 24.2 Å².